The monoisotopic (exact) mass is 379 g/mol. The summed E-state index contributed by atoms with van der Waals surface area (Å²) < 4.78 is 4.63. The van der Waals surface area contributed by atoms with Crippen LogP contribution in [0.2, 0.25) is 0 Å². The molecule has 0 radical (unpaired) electrons. The molecule has 0 aliphatic rings. The van der Waals surface area contributed by atoms with E-state index < -0.39 is 23.9 Å². The van der Waals surface area contributed by atoms with Crippen LogP contribution < -0.4 is 40.4 Å². The minimum absolute atomic E-state index is 0. The van der Waals surface area contributed by atoms with E-state index in [9.17, 15) is 19.5 Å². The second-order valence-corrected chi connectivity index (χ2v) is 6.60. The van der Waals surface area contributed by atoms with E-state index in [-0.39, 0.29) is 48.8 Å². The average Bonchev–Trinajstić information content (AvgIpc) is 2.57. The predicted molar refractivity (Wildman–Crippen MR) is 94.4 cm³/mol. The normalized spacial score (nSPS) is 11.5. The zero-order valence-electron chi connectivity index (χ0n) is 16.6. The molecule has 0 aromatic heterocycles. The van der Waals surface area contributed by atoms with E-state index in [1.165, 1.54) is 51.4 Å². The van der Waals surface area contributed by atoms with Gasteiger partial charge in [-0.1, -0.05) is 71.1 Å². The Kier molecular flexibility index (Phi) is 20.7. The maximum atomic E-state index is 11.5. The molecule has 0 unspecified atom stereocenters. The molecule has 0 fully saturated rings. The Morgan fingerprint density at radius 2 is 1.23 bits per heavy atom. The van der Waals surface area contributed by atoms with Gasteiger partial charge in [0.15, 0.2) is 0 Å². The summed E-state index contributed by atoms with van der Waals surface area (Å²) in [5.41, 5.74) is 5.22. The van der Waals surface area contributed by atoms with Gasteiger partial charge in [0, 0.05) is 18.9 Å². The van der Waals surface area contributed by atoms with Crippen molar-refractivity contribution in [3.05, 3.63) is 0 Å². The van der Waals surface area contributed by atoms with Gasteiger partial charge >= 0.3 is 41.5 Å². The molecule has 6 nitrogen and oxygen atoms in total. The number of hydrogen-bond donors (Lipinski definition) is 1. The molecule has 0 rings (SSSR count). The SMILES string of the molecule is CCCCCCCCCCCCCC(=O)OC(=O)CC[C@H](N)C(=O)[O-].[Na+]. The predicted octanol–water partition coefficient (Wildman–Crippen LogP) is -0.381. The number of aliphatic carboxylic acids is 1. The number of ether oxygens (including phenoxy) is 1. The summed E-state index contributed by atoms with van der Waals surface area (Å²) in [6, 6.07) is -1.21. The Labute approximate surface area is 179 Å². The number of esters is 2. The number of rotatable bonds is 16. The van der Waals surface area contributed by atoms with Crippen molar-refractivity contribution in [1.29, 1.82) is 0 Å². The van der Waals surface area contributed by atoms with E-state index in [1.807, 2.05) is 0 Å². The molecule has 26 heavy (non-hydrogen) atoms. The van der Waals surface area contributed by atoms with Crippen LogP contribution in [-0.2, 0) is 19.1 Å². The van der Waals surface area contributed by atoms with Crippen molar-refractivity contribution in [1.82, 2.24) is 0 Å². The van der Waals surface area contributed by atoms with Crippen molar-refractivity contribution in [3.8, 4) is 0 Å². The second kappa shape index (κ2) is 19.3. The van der Waals surface area contributed by atoms with Crippen molar-refractivity contribution in [2.75, 3.05) is 0 Å². The number of unbranched alkanes of at least 4 members (excludes halogenated alkanes) is 10. The van der Waals surface area contributed by atoms with E-state index >= 15 is 0 Å². The summed E-state index contributed by atoms with van der Waals surface area (Å²) in [6.45, 7) is 2.22. The second-order valence-electron chi connectivity index (χ2n) is 6.60. The van der Waals surface area contributed by atoms with Crippen molar-refractivity contribution >= 4 is 17.9 Å². The van der Waals surface area contributed by atoms with E-state index in [0.717, 1.165) is 12.8 Å². The van der Waals surface area contributed by atoms with Gasteiger partial charge in [0.1, 0.15) is 0 Å². The van der Waals surface area contributed by atoms with Gasteiger partial charge in [0.25, 0.3) is 0 Å². The van der Waals surface area contributed by atoms with Crippen molar-refractivity contribution in [2.24, 2.45) is 5.73 Å². The van der Waals surface area contributed by atoms with Gasteiger partial charge in [-0.2, -0.15) is 0 Å². The fourth-order valence-electron chi connectivity index (χ4n) is 2.55. The number of nitrogens with two attached hydrogens (primary N) is 1. The topological polar surface area (TPSA) is 110 Å². The van der Waals surface area contributed by atoms with Crippen molar-refractivity contribution in [2.45, 2.75) is 103 Å². The maximum absolute atomic E-state index is 11.5. The zero-order valence-corrected chi connectivity index (χ0v) is 18.6. The number of carboxylic acid groups (broad SMARTS) is 1. The quantitative estimate of drug-likeness (QED) is 0.169. The van der Waals surface area contributed by atoms with Gasteiger partial charge in [-0.05, 0) is 12.8 Å². The van der Waals surface area contributed by atoms with Gasteiger partial charge in [0.05, 0.1) is 5.97 Å². The first-order valence-electron chi connectivity index (χ1n) is 9.67. The number of carbonyl (C=O) groups is 3. The molecule has 0 bridgehead atoms. The molecule has 0 aromatic rings. The molecule has 7 heteroatoms. The van der Waals surface area contributed by atoms with Crippen LogP contribution in [0.25, 0.3) is 0 Å². The van der Waals surface area contributed by atoms with Gasteiger partial charge in [0.2, 0.25) is 0 Å². The minimum Gasteiger partial charge on any atom is -0.548 e. The first-order valence-corrected chi connectivity index (χ1v) is 9.67. The largest absolute Gasteiger partial charge is 1.00 e. The zero-order chi connectivity index (χ0) is 18.9. The molecule has 0 heterocycles. The van der Waals surface area contributed by atoms with Crippen LogP contribution in [0.4, 0.5) is 0 Å². The Hall–Kier alpha value is -0.430. The van der Waals surface area contributed by atoms with E-state index in [4.69, 9.17) is 5.73 Å². The molecule has 146 valence electrons. The third-order valence-corrected chi connectivity index (χ3v) is 4.17. The fourth-order valence-corrected chi connectivity index (χ4v) is 2.55. The Balaban J connectivity index is 0. The summed E-state index contributed by atoms with van der Waals surface area (Å²) in [5, 5.41) is 10.4. The van der Waals surface area contributed by atoms with Crippen LogP contribution >= 0.6 is 0 Å². The smallest absolute Gasteiger partial charge is 0.548 e. The summed E-state index contributed by atoms with van der Waals surface area (Å²) in [7, 11) is 0. The average molecular weight is 379 g/mol. The first kappa shape index (κ1) is 27.8. The summed E-state index contributed by atoms with van der Waals surface area (Å²) in [6.07, 6.45) is 13.0. The van der Waals surface area contributed by atoms with Gasteiger partial charge < -0.3 is 20.4 Å². The first-order chi connectivity index (χ1) is 12.0. The van der Waals surface area contributed by atoms with Crippen LogP contribution in [-0.4, -0.2) is 23.9 Å². The Morgan fingerprint density at radius 3 is 1.69 bits per heavy atom. The minimum atomic E-state index is -1.42. The molecule has 0 saturated carbocycles. The fraction of sp³-hybridized carbons (Fsp3) is 0.842. The number of carbonyl (C=O) groups excluding carboxylic acids is 3. The van der Waals surface area contributed by atoms with Gasteiger partial charge in [-0.25, -0.2) is 0 Å². The Bertz CT molecular complexity index is 390. The standard InChI is InChI=1S/C19H35NO5.Na/c1-2-3-4-5-6-7-8-9-10-11-12-13-17(21)25-18(22)15-14-16(20)19(23)24;/h16H,2-15,20H2,1H3,(H,23,24);/q;+1/p-1/t16-;/m0./s1. The van der Waals surface area contributed by atoms with Crippen LogP contribution in [0.1, 0.15) is 96.8 Å². The molecule has 0 spiro atoms. The molecule has 0 aromatic carbocycles. The number of carboxylic acids is 1. The molecular formula is C19H34NNaO5. The number of hydrogen-bond acceptors (Lipinski definition) is 6. The van der Waals surface area contributed by atoms with Crippen LogP contribution in [0.5, 0.6) is 0 Å². The molecule has 2 N–H and O–H groups in total. The molecule has 1 atom stereocenters. The van der Waals surface area contributed by atoms with Crippen LogP contribution in [0.3, 0.4) is 0 Å². The Morgan fingerprint density at radius 1 is 0.808 bits per heavy atom. The van der Waals surface area contributed by atoms with Crippen LogP contribution in [0.15, 0.2) is 0 Å². The summed E-state index contributed by atoms with van der Waals surface area (Å²) in [4.78, 5) is 33.3. The van der Waals surface area contributed by atoms with E-state index in [2.05, 4.69) is 11.7 Å². The molecule has 0 aliphatic heterocycles. The van der Waals surface area contributed by atoms with Gasteiger partial charge in [-0.3, -0.25) is 9.59 Å². The summed E-state index contributed by atoms with van der Waals surface area (Å²) >= 11 is 0. The van der Waals surface area contributed by atoms with E-state index in [0.29, 0.717) is 6.42 Å². The molecule has 0 amide bonds. The molecule has 0 aliphatic carbocycles. The maximum Gasteiger partial charge on any atom is 1.00 e. The molecule has 0 saturated heterocycles. The van der Waals surface area contributed by atoms with E-state index in [1.54, 1.807) is 0 Å². The van der Waals surface area contributed by atoms with Crippen molar-refractivity contribution in [3.63, 3.8) is 0 Å². The third-order valence-electron chi connectivity index (χ3n) is 4.17. The summed E-state index contributed by atoms with van der Waals surface area (Å²) in [5.74, 6) is -2.70. The van der Waals surface area contributed by atoms with Crippen LogP contribution in [0, 0.1) is 0 Å². The van der Waals surface area contributed by atoms with Crippen molar-refractivity contribution < 1.29 is 53.8 Å². The molecular weight excluding hydrogens is 345 g/mol. The van der Waals surface area contributed by atoms with Gasteiger partial charge in [-0.15, -0.1) is 0 Å². The third kappa shape index (κ3) is 18.4.